The lowest BCUT2D eigenvalue weighted by molar-refractivity contribution is -0.139. The van der Waals surface area contributed by atoms with Crippen molar-refractivity contribution in [3.05, 3.63) is 120 Å². The van der Waals surface area contributed by atoms with Gasteiger partial charge in [0.2, 0.25) is 0 Å². The fourth-order valence-electron chi connectivity index (χ4n) is 4.61. The van der Waals surface area contributed by atoms with Gasteiger partial charge in [0.15, 0.2) is 0 Å². The van der Waals surface area contributed by atoms with E-state index in [0.29, 0.717) is 24.4 Å². The SMILES string of the molecule is CSCC[C@H](NC(=O)c1ccc(CN(Cc2ccccc2)c2cccnc2)cc1-c1ccccc1C(F)(F)F)C(=O)O. The van der Waals surface area contributed by atoms with E-state index in [1.54, 1.807) is 24.5 Å². The van der Waals surface area contributed by atoms with E-state index in [1.807, 2.05) is 53.6 Å². The Morgan fingerprint density at radius 1 is 0.929 bits per heavy atom. The number of anilines is 1. The third kappa shape index (κ3) is 7.91. The van der Waals surface area contributed by atoms with E-state index in [2.05, 4.69) is 10.3 Å². The summed E-state index contributed by atoms with van der Waals surface area (Å²) in [6.07, 6.45) is 0.697. The molecular weight excluding hydrogens is 563 g/mol. The summed E-state index contributed by atoms with van der Waals surface area (Å²) in [5.74, 6) is -1.47. The van der Waals surface area contributed by atoms with Crippen molar-refractivity contribution >= 4 is 29.3 Å². The summed E-state index contributed by atoms with van der Waals surface area (Å²) >= 11 is 1.43. The Labute approximate surface area is 246 Å². The molecule has 42 heavy (non-hydrogen) atoms. The summed E-state index contributed by atoms with van der Waals surface area (Å²) < 4.78 is 42.3. The predicted molar refractivity (Wildman–Crippen MR) is 159 cm³/mol. The summed E-state index contributed by atoms with van der Waals surface area (Å²) in [7, 11) is 0. The Morgan fingerprint density at radius 3 is 2.31 bits per heavy atom. The molecule has 2 N–H and O–H groups in total. The fraction of sp³-hybridized carbons (Fsp3) is 0.219. The summed E-state index contributed by atoms with van der Waals surface area (Å²) in [5.41, 5.74) is 1.49. The molecule has 1 amide bonds. The van der Waals surface area contributed by atoms with E-state index in [9.17, 15) is 27.9 Å². The number of rotatable bonds is 12. The summed E-state index contributed by atoms with van der Waals surface area (Å²) in [5, 5.41) is 12.1. The number of carbonyl (C=O) groups is 2. The van der Waals surface area contributed by atoms with Crippen LogP contribution in [0.2, 0.25) is 0 Å². The largest absolute Gasteiger partial charge is 0.480 e. The van der Waals surface area contributed by atoms with Crippen LogP contribution in [0.4, 0.5) is 18.9 Å². The van der Waals surface area contributed by atoms with E-state index < -0.39 is 29.7 Å². The van der Waals surface area contributed by atoms with Gasteiger partial charge in [-0.05, 0) is 71.0 Å². The van der Waals surface area contributed by atoms with Crippen molar-refractivity contribution in [1.82, 2.24) is 10.3 Å². The number of aliphatic carboxylic acids is 1. The van der Waals surface area contributed by atoms with Gasteiger partial charge in [0.05, 0.1) is 17.4 Å². The summed E-state index contributed by atoms with van der Waals surface area (Å²) in [6, 6.07) is 22.1. The molecule has 0 aliphatic carbocycles. The van der Waals surface area contributed by atoms with Gasteiger partial charge >= 0.3 is 12.1 Å². The molecule has 0 unspecified atom stereocenters. The van der Waals surface area contributed by atoms with Crippen molar-refractivity contribution in [3.8, 4) is 11.1 Å². The molecule has 4 rings (SSSR count). The number of pyridine rings is 1. The molecule has 1 heterocycles. The number of aromatic nitrogens is 1. The minimum absolute atomic E-state index is 0.0400. The number of halogens is 3. The number of hydrogen-bond donors (Lipinski definition) is 2. The molecule has 0 radical (unpaired) electrons. The minimum atomic E-state index is -4.67. The first kappa shape index (κ1) is 30.6. The zero-order valence-electron chi connectivity index (χ0n) is 22.8. The summed E-state index contributed by atoms with van der Waals surface area (Å²) in [6.45, 7) is 0.827. The Kier molecular flexibility index (Phi) is 10.2. The van der Waals surface area contributed by atoms with Crippen LogP contribution in [0.1, 0.15) is 33.5 Å². The van der Waals surface area contributed by atoms with Crippen molar-refractivity contribution in [2.75, 3.05) is 16.9 Å². The van der Waals surface area contributed by atoms with Crippen LogP contribution in [0.25, 0.3) is 11.1 Å². The van der Waals surface area contributed by atoms with E-state index in [0.717, 1.165) is 17.3 Å². The summed E-state index contributed by atoms with van der Waals surface area (Å²) in [4.78, 5) is 31.4. The van der Waals surface area contributed by atoms with Crippen molar-refractivity contribution in [3.63, 3.8) is 0 Å². The molecule has 0 aliphatic heterocycles. The van der Waals surface area contributed by atoms with Crippen molar-refractivity contribution < 1.29 is 27.9 Å². The second kappa shape index (κ2) is 14.0. The van der Waals surface area contributed by atoms with Gasteiger partial charge in [-0.3, -0.25) is 9.78 Å². The van der Waals surface area contributed by atoms with Gasteiger partial charge < -0.3 is 15.3 Å². The highest BCUT2D eigenvalue weighted by atomic mass is 32.2. The highest BCUT2D eigenvalue weighted by Crippen LogP contribution is 2.39. The Hall–Kier alpha value is -4.31. The van der Waals surface area contributed by atoms with Gasteiger partial charge in [-0.2, -0.15) is 24.9 Å². The first-order chi connectivity index (χ1) is 20.2. The minimum Gasteiger partial charge on any atom is -0.480 e. The Bertz CT molecular complexity index is 1500. The highest BCUT2D eigenvalue weighted by molar-refractivity contribution is 7.98. The molecule has 0 saturated heterocycles. The number of carbonyl (C=O) groups excluding carboxylic acids is 1. The molecule has 0 bridgehead atoms. The lowest BCUT2D eigenvalue weighted by Crippen LogP contribution is -2.41. The van der Waals surface area contributed by atoms with E-state index in [-0.39, 0.29) is 23.1 Å². The number of benzene rings is 3. The number of carboxylic acid groups (broad SMARTS) is 1. The average Bonchev–Trinajstić information content (AvgIpc) is 2.99. The van der Waals surface area contributed by atoms with Gasteiger partial charge in [-0.25, -0.2) is 4.79 Å². The molecule has 3 aromatic carbocycles. The average molecular weight is 594 g/mol. The number of nitrogens with zero attached hydrogens (tertiary/aromatic N) is 2. The van der Waals surface area contributed by atoms with Gasteiger partial charge in [0.25, 0.3) is 5.91 Å². The molecular formula is C32H30F3N3O3S. The molecule has 0 fully saturated rings. The standard InChI is InChI=1S/C32H30F3N3O3S/c1-42-17-15-29(31(40)41)37-30(39)26-14-13-23(18-27(26)25-11-5-6-12-28(25)32(33,34)35)21-38(24-10-7-16-36-19-24)20-22-8-3-2-4-9-22/h2-14,16,18-19,29H,15,17,20-21H2,1H3,(H,37,39)(H,40,41)/t29-/m0/s1. The third-order valence-corrected chi connectivity index (χ3v) is 7.31. The van der Waals surface area contributed by atoms with E-state index in [1.165, 1.54) is 36.0 Å². The lowest BCUT2D eigenvalue weighted by atomic mass is 9.92. The van der Waals surface area contributed by atoms with Crippen LogP contribution in [-0.2, 0) is 24.1 Å². The maximum absolute atomic E-state index is 14.1. The van der Waals surface area contributed by atoms with Crippen LogP contribution in [-0.4, -0.2) is 40.0 Å². The van der Waals surface area contributed by atoms with Gasteiger partial charge in [-0.15, -0.1) is 0 Å². The van der Waals surface area contributed by atoms with Crippen molar-refractivity contribution in [1.29, 1.82) is 0 Å². The van der Waals surface area contributed by atoms with Crippen LogP contribution >= 0.6 is 11.8 Å². The van der Waals surface area contributed by atoms with E-state index in [4.69, 9.17) is 0 Å². The second-order valence-electron chi connectivity index (χ2n) is 9.62. The van der Waals surface area contributed by atoms with Gasteiger partial charge in [0, 0.05) is 24.8 Å². The van der Waals surface area contributed by atoms with E-state index >= 15 is 0 Å². The lowest BCUT2D eigenvalue weighted by Gasteiger charge is -2.26. The molecule has 218 valence electrons. The first-order valence-corrected chi connectivity index (χ1v) is 14.6. The molecule has 0 spiro atoms. The molecule has 1 aromatic heterocycles. The molecule has 4 aromatic rings. The zero-order valence-corrected chi connectivity index (χ0v) is 23.7. The maximum atomic E-state index is 14.1. The monoisotopic (exact) mass is 593 g/mol. The topological polar surface area (TPSA) is 82.5 Å². The van der Waals surface area contributed by atoms with Crippen LogP contribution < -0.4 is 10.2 Å². The number of amides is 1. The Balaban J connectivity index is 1.78. The fourth-order valence-corrected chi connectivity index (χ4v) is 5.08. The number of thioether (sulfide) groups is 1. The van der Waals surface area contributed by atoms with Crippen molar-refractivity contribution in [2.24, 2.45) is 0 Å². The number of hydrogen-bond acceptors (Lipinski definition) is 5. The first-order valence-electron chi connectivity index (χ1n) is 13.2. The van der Waals surface area contributed by atoms with Crippen LogP contribution in [0.5, 0.6) is 0 Å². The predicted octanol–water partition coefficient (Wildman–Crippen LogP) is 6.91. The number of nitrogens with one attached hydrogen (secondary N) is 1. The third-order valence-electron chi connectivity index (χ3n) is 6.67. The molecule has 0 saturated carbocycles. The molecule has 0 aliphatic rings. The maximum Gasteiger partial charge on any atom is 0.417 e. The van der Waals surface area contributed by atoms with Crippen LogP contribution in [0, 0.1) is 0 Å². The smallest absolute Gasteiger partial charge is 0.417 e. The van der Waals surface area contributed by atoms with Crippen LogP contribution in [0.15, 0.2) is 97.3 Å². The van der Waals surface area contributed by atoms with Gasteiger partial charge in [0.1, 0.15) is 6.04 Å². The molecule has 6 nitrogen and oxygen atoms in total. The van der Waals surface area contributed by atoms with Crippen molar-refractivity contribution in [2.45, 2.75) is 31.7 Å². The molecule has 10 heteroatoms. The Morgan fingerprint density at radius 2 is 1.64 bits per heavy atom. The molecule has 1 atom stereocenters. The normalized spacial score (nSPS) is 12.0. The second-order valence-corrected chi connectivity index (χ2v) is 10.6. The van der Waals surface area contributed by atoms with Crippen LogP contribution in [0.3, 0.4) is 0 Å². The zero-order chi connectivity index (χ0) is 30.1. The quantitative estimate of drug-likeness (QED) is 0.186. The van der Waals surface area contributed by atoms with Gasteiger partial charge in [-0.1, -0.05) is 54.6 Å². The number of carboxylic acids is 1. The number of alkyl halides is 3. The highest BCUT2D eigenvalue weighted by Gasteiger charge is 2.34.